The standard InChI is InChI=1S/C69H130O6/c1-4-7-10-13-16-19-22-25-28-31-33-34-36-39-42-45-48-51-54-57-60-63-69(72)75-66(64-73-67(70)61-58-55-52-49-46-43-40-37-30-27-24-21-18-15-12-9-6-3)65-74-68(71)62-59-56-53-50-47-44-41-38-35-32-29-26-23-20-17-14-11-8-5-2/h26-27,29-30,66H,4-25,28,31-65H2,1-3H3/b29-26-,30-27-/t66-/m0/s1. The van der Waals surface area contributed by atoms with Gasteiger partial charge < -0.3 is 14.2 Å². The minimum Gasteiger partial charge on any atom is -0.462 e. The van der Waals surface area contributed by atoms with Crippen LogP contribution in [0.1, 0.15) is 380 Å². The quantitative estimate of drug-likeness (QED) is 0.0261. The van der Waals surface area contributed by atoms with Crippen molar-refractivity contribution in [1.29, 1.82) is 0 Å². The number of hydrogen-bond acceptors (Lipinski definition) is 6. The van der Waals surface area contributed by atoms with Gasteiger partial charge >= 0.3 is 17.9 Å². The van der Waals surface area contributed by atoms with Gasteiger partial charge in [0, 0.05) is 19.3 Å². The lowest BCUT2D eigenvalue weighted by Crippen LogP contribution is -2.30. The number of carbonyl (C=O) groups excluding carboxylic acids is 3. The van der Waals surface area contributed by atoms with Gasteiger partial charge in [-0.3, -0.25) is 14.4 Å². The van der Waals surface area contributed by atoms with E-state index in [1.165, 1.54) is 283 Å². The highest BCUT2D eigenvalue weighted by molar-refractivity contribution is 5.71. The lowest BCUT2D eigenvalue weighted by Gasteiger charge is -2.18. The molecule has 0 heterocycles. The highest BCUT2D eigenvalue weighted by atomic mass is 16.6. The third kappa shape index (κ3) is 62.6. The molecule has 0 bridgehead atoms. The van der Waals surface area contributed by atoms with E-state index in [-0.39, 0.29) is 31.1 Å². The molecular weight excluding hydrogens is 925 g/mol. The fourth-order valence-corrected chi connectivity index (χ4v) is 10.3. The second kappa shape index (κ2) is 64.4. The van der Waals surface area contributed by atoms with E-state index < -0.39 is 6.10 Å². The summed E-state index contributed by atoms with van der Waals surface area (Å²) < 4.78 is 17.0. The molecule has 0 radical (unpaired) electrons. The second-order valence-electron chi connectivity index (χ2n) is 23.1. The highest BCUT2D eigenvalue weighted by Gasteiger charge is 2.19. The Morgan fingerprint density at radius 3 is 0.667 bits per heavy atom. The van der Waals surface area contributed by atoms with Gasteiger partial charge in [-0.1, -0.05) is 315 Å². The van der Waals surface area contributed by atoms with E-state index in [9.17, 15) is 14.4 Å². The number of esters is 3. The predicted molar refractivity (Wildman–Crippen MR) is 326 cm³/mol. The fourth-order valence-electron chi connectivity index (χ4n) is 10.3. The van der Waals surface area contributed by atoms with Gasteiger partial charge in [0.25, 0.3) is 0 Å². The van der Waals surface area contributed by atoms with Crippen LogP contribution in [0.15, 0.2) is 24.3 Å². The van der Waals surface area contributed by atoms with Crippen molar-refractivity contribution in [2.75, 3.05) is 13.2 Å². The summed E-state index contributed by atoms with van der Waals surface area (Å²) in [7, 11) is 0. The van der Waals surface area contributed by atoms with Gasteiger partial charge in [0.15, 0.2) is 6.10 Å². The lowest BCUT2D eigenvalue weighted by molar-refractivity contribution is -0.167. The maximum Gasteiger partial charge on any atom is 0.306 e. The maximum atomic E-state index is 12.9. The number of carbonyl (C=O) groups is 3. The molecule has 0 aliphatic rings. The van der Waals surface area contributed by atoms with Crippen molar-refractivity contribution in [1.82, 2.24) is 0 Å². The summed E-state index contributed by atoms with van der Waals surface area (Å²) in [5.41, 5.74) is 0. The summed E-state index contributed by atoms with van der Waals surface area (Å²) in [6.45, 7) is 6.71. The van der Waals surface area contributed by atoms with E-state index in [0.29, 0.717) is 19.3 Å². The number of hydrogen-bond donors (Lipinski definition) is 0. The summed E-state index contributed by atoms with van der Waals surface area (Å²) in [6.07, 6.45) is 77.6. The molecule has 0 saturated carbocycles. The average Bonchev–Trinajstić information content (AvgIpc) is 3.41. The van der Waals surface area contributed by atoms with Crippen LogP contribution in [0.3, 0.4) is 0 Å². The van der Waals surface area contributed by atoms with Gasteiger partial charge in [-0.05, 0) is 70.6 Å². The Hall–Kier alpha value is -2.11. The van der Waals surface area contributed by atoms with Crippen molar-refractivity contribution >= 4 is 17.9 Å². The Labute approximate surface area is 468 Å². The smallest absolute Gasteiger partial charge is 0.306 e. The largest absolute Gasteiger partial charge is 0.462 e. The normalized spacial score (nSPS) is 12.1. The molecule has 0 aromatic heterocycles. The van der Waals surface area contributed by atoms with Crippen molar-refractivity contribution < 1.29 is 28.6 Å². The van der Waals surface area contributed by atoms with E-state index in [2.05, 4.69) is 45.1 Å². The van der Waals surface area contributed by atoms with Crippen LogP contribution in [0, 0.1) is 0 Å². The zero-order chi connectivity index (χ0) is 54.3. The van der Waals surface area contributed by atoms with E-state index in [1.54, 1.807) is 0 Å². The van der Waals surface area contributed by atoms with Crippen molar-refractivity contribution in [3.63, 3.8) is 0 Å². The van der Waals surface area contributed by atoms with Crippen LogP contribution in [0.4, 0.5) is 0 Å². The zero-order valence-corrected chi connectivity index (χ0v) is 50.8. The van der Waals surface area contributed by atoms with Crippen molar-refractivity contribution in [3.8, 4) is 0 Å². The van der Waals surface area contributed by atoms with Crippen molar-refractivity contribution in [2.24, 2.45) is 0 Å². The zero-order valence-electron chi connectivity index (χ0n) is 50.8. The number of unbranched alkanes of at least 4 members (excludes halogenated alkanes) is 48. The molecule has 442 valence electrons. The Balaban J connectivity index is 4.31. The molecule has 6 nitrogen and oxygen atoms in total. The third-order valence-corrected chi connectivity index (χ3v) is 15.4. The highest BCUT2D eigenvalue weighted by Crippen LogP contribution is 2.18. The summed E-state index contributed by atoms with van der Waals surface area (Å²) in [5.74, 6) is -0.844. The number of rotatable bonds is 63. The predicted octanol–water partition coefficient (Wildman–Crippen LogP) is 23.0. The number of ether oxygens (including phenoxy) is 3. The topological polar surface area (TPSA) is 78.9 Å². The molecule has 0 amide bonds. The van der Waals surface area contributed by atoms with Gasteiger partial charge in [0.2, 0.25) is 0 Å². The summed E-state index contributed by atoms with van der Waals surface area (Å²) in [5, 5.41) is 0. The molecule has 0 spiro atoms. The van der Waals surface area contributed by atoms with E-state index in [4.69, 9.17) is 14.2 Å². The molecule has 0 unspecified atom stereocenters. The molecule has 0 fully saturated rings. The van der Waals surface area contributed by atoms with Crippen LogP contribution in [-0.2, 0) is 28.6 Å². The molecule has 0 aromatic rings. The van der Waals surface area contributed by atoms with Gasteiger partial charge in [0.1, 0.15) is 13.2 Å². The third-order valence-electron chi connectivity index (χ3n) is 15.4. The molecule has 6 heteroatoms. The Morgan fingerprint density at radius 2 is 0.440 bits per heavy atom. The molecule has 0 N–H and O–H groups in total. The Morgan fingerprint density at radius 1 is 0.253 bits per heavy atom. The average molecular weight is 1060 g/mol. The maximum absolute atomic E-state index is 12.9. The van der Waals surface area contributed by atoms with Crippen molar-refractivity contribution in [2.45, 2.75) is 386 Å². The van der Waals surface area contributed by atoms with Gasteiger partial charge in [-0.15, -0.1) is 0 Å². The number of allylic oxidation sites excluding steroid dienone is 4. The monoisotopic (exact) mass is 1050 g/mol. The molecule has 0 rings (SSSR count). The first kappa shape index (κ1) is 72.9. The minimum absolute atomic E-state index is 0.0685. The first-order chi connectivity index (χ1) is 37.0. The Bertz CT molecular complexity index is 1210. The van der Waals surface area contributed by atoms with Gasteiger partial charge in [-0.25, -0.2) is 0 Å². The van der Waals surface area contributed by atoms with E-state index in [0.717, 1.165) is 57.8 Å². The molecule has 1 atom stereocenters. The van der Waals surface area contributed by atoms with Crippen molar-refractivity contribution in [3.05, 3.63) is 24.3 Å². The van der Waals surface area contributed by atoms with Crippen LogP contribution < -0.4 is 0 Å². The SMILES string of the molecule is CCCCCCCC/C=C\CCCCCCCCCCCC(=O)OC[C@H](COC(=O)CCCCCCCCC/C=C\CCCCCCCC)OC(=O)CCCCCCCCCCCCCCCCCCCCCCC. The molecule has 0 aromatic carbocycles. The van der Waals surface area contributed by atoms with Crippen LogP contribution in [0.5, 0.6) is 0 Å². The van der Waals surface area contributed by atoms with Gasteiger partial charge in [0.05, 0.1) is 0 Å². The lowest BCUT2D eigenvalue weighted by atomic mass is 10.0. The van der Waals surface area contributed by atoms with E-state index >= 15 is 0 Å². The van der Waals surface area contributed by atoms with Crippen LogP contribution >= 0.6 is 0 Å². The summed E-state index contributed by atoms with van der Waals surface area (Å²) >= 11 is 0. The summed E-state index contributed by atoms with van der Waals surface area (Å²) in [4.78, 5) is 38.4. The first-order valence-corrected chi connectivity index (χ1v) is 33.8. The van der Waals surface area contributed by atoms with Crippen LogP contribution in [0.25, 0.3) is 0 Å². The fraction of sp³-hybridized carbons (Fsp3) is 0.899. The molecule has 75 heavy (non-hydrogen) atoms. The second-order valence-corrected chi connectivity index (χ2v) is 23.1. The van der Waals surface area contributed by atoms with Crippen LogP contribution in [0.2, 0.25) is 0 Å². The Kier molecular flexibility index (Phi) is 62.6. The van der Waals surface area contributed by atoms with E-state index in [1.807, 2.05) is 0 Å². The molecule has 0 aliphatic heterocycles. The van der Waals surface area contributed by atoms with Gasteiger partial charge in [-0.2, -0.15) is 0 Å². The molecular formula is C69H130O6. The summed E-state index contributed by atoms with van der Waals surface area (Å²) in [6, 6.07) is 0. The van der Waals surface area contributed by atoms with Crippen LogP contribution in [-0.4, -0.2) is 37.2 Å². The first-order valence-electron chi connectivity index (χ1n) is 33.8. The minimum atomic E-state index is -0.771. The molecule has 0 aliphatic carbocycles. The molecule has 0 saturated heterocycles.